The summed E-state index contributed by atoms with van der Waals surface area (Å²) in [7, 11) is 0. The van der Waals surface area contributed by atoms with Crippen molar-refractivity contribution in [2.45, 2.75) is 53.4 Å². The number of aromatic nitrogens is 1. The van der Waals surface area contributed by atoms with Crippen molar-refractivity contribution in [3.8, 4) is 17.0 Å². The maximum absolute atomic E-state index is 13.7. The SMILES string of the molecule is CCOC(=O)c1c(NC(=S)NC(=O)c2cc(-c3cccc(OCC(C)C)c3)nc3ccccc23)sc2c1CC[C@H](CC)C2. The van der Waals surface area contributed by atoms with Crippen molar-refractivity contribution in [2.75, 3.05) is 18.5 Å². The van der Waals surface area contributed by atoms with Crippen molar-refractivity contribution in [2.24, 2.45) is 11.8 Å². The number of ether oxygens (including phenoxy) is 2. The van der Waals surface area contributed by atoms with Gasteiger partial charge in [0, 0.05) is 15.8 Å². The molecule has 4 aromatic rings. The first-order valence-corrected chi connectivity index (χ1v) is 16.1. The average Bonchev–Trinajstić information content (AvgIpc) is 3.36. The molecule has 7 nitrogen and oxygen atoms in total. The van der Waals surface area contributed by atoms with Crippen LogP contribution >= 0.6 is 23.6 Å². The fourth-order valence-electron chi connectivity index (χ4n) is 5.33. The number of pyridine rings is 1. The zero-order valence-corrected chi connectivity index (χ0v) is 26.6. The Hall–Kier alpha value is -3.82. The first-order chi connectivity index (χ1) is 20.8. The first kappa shape index (κ1) is 30.6. The second kappa shape index (κ2) is 13.7. The van der Waals surface area contributed by atoms with Crippen LogP contribution < -0.4 is 15.4 Å². The van der Waals surface area contributed by atoms with Gasteiger partial charge in [-0.1, -0.05) is 57.5 Å². The molecule has 9 heteroatoms. The Bertz CT molecular complexity index is 1660. The van der Waals surface area contributed by atoms with Gasteiger partial charge >= 0.3 is 5.97 Å². The zero-order valence-electron chi connectivity index (χ0n) is 25.0. The number of hydrogen-bond donors (Lipinski definition) is 2. The number of carbonyl (C=O) groups is 2. The van der Waals surface area contributed by atoms with Crippen LogP contribution in [0.1, 0.15) is 71.7 Å². The van der Waals surface area contributed by atoms with E-state index in [1.54, 1.807) is 13.0 Å². The average molecular weight is 616 g/mol. The fraction of sp³-hybridized carbons (Fsp3) is 0.353. The van der Waals surface area contributed by atoms with Gasteiger partial charge in [-0.3, -0.25) is 10.1 Å². The van der Waals surface area contributed by atoms with E-state index in [4.69, 9.17) is 26.7 Å². The number of amides is 1. The highest BCUT2D eigenvalue weighted by Crippen LogP contribution is 2.41. The maximum atomic E-state index is 13.7. The summed E-state index contributed by atoms with van der Waals surface area (Å²) < 4.78 is 11.3. The number of rotatable bonds is 9. The third-order valence-electron chi connectivity index (χ3n) is 7.55. The molecule has 0 bridgehead atoms. The first-order valence-electron chi connectivity index (χ1n) is 14.8. The number of benzene rings is 2. The Labute approximate surface area is 262 Å². The van der Waals surface area contributed by atoms with Crippen LogP contribution in [-0.4, -0.2) is 35.2 Å². The summed E-state index contributed by atoms with van der Waals surface area (Å²) in [6, 6.07) is 17.0. The van der Waals surface area contributed by atoms with Crippen molar-refractivity contribution >= 4 is 56.4 Å². The van der Waals surface area contributed by atoms with Crippen LogP contribution in [-0.2, 0) is 17.6 Å². The Morgan fingerprint density at radius 2 is 1.93 bits per heavy atom. The normalized spacial score (nSPS) is 14.3. The van der Waals surface area contributed by atoms with Gasteiger partial charge in [0.15, 0.2) is 5.11 Å². The van der Waals surface area contributed by atoms with Crippen LogP contribution in [0.15, 0.2) is 54.6 Å². The van der Waals surface area contributed by atoms with E-state index in [1.807, 2.05) is 48.5 Å². The number of para-hydroxylation sites is 1. The molecule has 43 heavy (non-hydrogen) atoms. The minimum atomic E-state index is -0.366. The van der Waals surface area contributed by atoms with E-state index in [-0.39, 0.29) is 23.6 Å². The number of hydrogen-bond acceptors (Lipinski definition) is 7. The van der Waals surface area contributed by atoms with Crippen LogP contribution in [0.3, 0.4) is 0 Å². The zero-order chi connectivity index (χ0) is 30.5. The lowest BCUT2D eigenvalue weighted by Gasteiger charge is -2.21. The van der Waals surface area contributed by atoms with Gasteiger partial charge in [-0.15, -0.1) is 11.3 Å². The third kappa shape index (κ3) is 7.05. The van der Waals surface area contributed by atoms with Crippen molar-refractivity contribution in [1.82, 2.24) is 10.3 Å². The molecule has 2 heterocycles. The van der Waals surface area contributed by atoms with Crippen molar-refractivity contribution in [1.29, 1.82) is 0 Å². The van der Waals surface area contributed by atoms with Crippen LogP contribution in [0, 0.1) is 11.8 Å². The van der Waals surface area contributed by atoms with Gasteiger partial charge in [0.05, 0.1) is 35.6 Å². The summed E-state index contributed by atoms with van der Waals surface area (Å²) in [4.78, 5) is 32.7. The van der Waals surface area contributed by atoms with Crippen LogP contribution in [0.2, 0.25) is 0 Å². The lowest BCUT2D eigenvalue weighted by atomic mass is 9.86. The molecule has 1 amide bonds. The highest BCUT2D eigenvalue weighted by Gasteiger charge is 2.30. The molecule has 2 N–H and O–H groups in total. The summed E-state index contributed by atoms with van der Waals surface area (Å²) in [6.07, 6.45) is 3.89. The number of carbonyl (C=O) groups excluding carboxylic acids is 2. The molecule has 1 aliphatic carbocycles. The molecule has 0 unspecified atom stereocenters. The van der Waals surface area contributed by atoms with E-state index in [1.165, 1.54) is 16.2 Å². The predicted octanol–water partition coefficient (Wildman–Crippen LogP) is 7.82. The van der Waals surface area contributed by atoms with Gasteiger partial charge in [-0.2, -0.15) is 0 Å². The number of thiocarbonyl (C=S) groups is 1. The molecule has 0 saturated carbocycles. The summed E-state index contributed by atoms with van der Waals surface area (Å²) in [6.45, 7) is 9.09. The van der Waals surface area contributed by atoms with Gasteiger partial charge < -0.3 is 14.8 Å². The number of anilines is 1. The molecule has 0 spiro atoms. The quantitative estimate of drug-likeness (QED) is 0.147. The summed E-state index contributed by atoms with van der Waals surface area (Å²) in [5.74, 6) is 1.01. The molecule has 1 aliphatic rings. The molecule has 2 aromatic heterocycles. The number of nitrogens with zero attached hydrogens (tertiary/aromatic N) is 1. The van der Waals surface area contributed by atoms with Crippen molar-refractivity contribution in [3.05, 3.63) is 76.2 Å². The molecular weight excluding hydrogens is 579 g/mol. The third-order valence-corrected chi connectivity index (χ3v) is 8.93. The van der Waals surface area contributed by atoms with Crippen LogP contribution in [0.25, 0.3) is 22.2 Å². The summed E-state index contributed by atoms with van der Waals surface area (Å²) >= 11 is 7.13. The largest absolute Gasteiger partial charge is 0.493 e. The smallest absolute Gasteiger partial charge is 0.341 e. The maximum Gasteiger partial charge on any atom is 0.341 e. The van der Waals surface area contributed by atoms with E-state index >= 15 is 0 Å². The number of nitrogens with one attached hydrogen (secondary N) is 2. The van der Waals surface area contributed by atoms with Crippen molar-refractivity contribution in [3.63, 3.8) is 0 Å². The number of fused-ring (bicyclic) bond motifs is 2. The molecule has 0 radical (unpaired) electrons. The Morgan fingerprint density at radius 1 is 1.12 bits per heavy atom. The Balaban J connectivity index is 1.41. The van der Waals surface area contributed by atoms with Crippen molar-refractivity contribution < 1.29 is 19.1 Å². The molecule has 2 aromatic carbocycles. The minimum absolute atomic E-state index is 0.118. The monoisotopic (exact) mass is 615 g/mol. The molecule has 0 saturated heterocycles. The Morgan fingerprint density at radius 3 is 2.70 bits per heavy atom. The summed E-state index contributed by atoms with van der Waals surface area (Å²) in [5.41, 5.74) is 4.20. The topological polar surface area (TPSA) is 89.6 Å². The van der Waals surface area contributed by atoms with Gasteiger partial charge in [-0.25, -0.2) is 9.78 Å². The molecule has 0 aliphatic heterocycles. The van der Waals surface area contributed by atoms with Gasteiger partial charge in [0.25, 0.3) is 5.91 Å². The standard InChI is InChI=1S/C34H37N3O4S2/c1-5-21-14-15-25-29(16-21)43-32(30(25)33(39)40-6-2)37-34(42)36-31(38)26-18-28(35-27-13-8-7-12-24(26)27)22-10-9-11-23(17-22)41-19-20(3)4/h7-13,17-18,20-21H,5-6,14-16,19H2,1-4H3,(H2,36,37,38,42)/t21-/m0/s1. The molecule has 1 atom stereocenters. The molecule has 5 rings (SSSR count). The van der Waals surface area contributed by atoms with Crippen LogP contribution in [0.5, 0.6) is 5.75 Å². The Kier molecular flexibility index (Phi) is 9.72. The lowest BCUT2D eigenvalue weighted by Crippen LogP contribution is -2.34. The van der Waals surface area contributed by atoms with Crippen LogP contribution in [0.4, 0.5) is 5.00 Å². The van der Waals surface area contributed by atoms with E-state index in [9.17, 15) is 9.59 Å². The van der Waals surface area contributed by atoms with E-state index < -0.39 is 0 Å². The second-order valence-corrected chi connectivity index (χ2v) is 12.7. The van der Waals surface area contributed by atoms with Gasteiger partial charge in [0.1, 0.15) is 10.8 Å². The molecular formula is C34H37N3O4S2. The van der Waals surface area contributed by atoms with E-state index in [0.29, 0.717) is 51.2 Å². The second-order valence-electron chi connectivity index (χ2n) is 11.2. The van der Waals surface area contributed by atoms with Gasteiger partial charge in [0.2, 0.25) is 0 Å². The number of esters is 1. The highest BCUT2D eigenvalue weighted by molar-refractivity contribution is 7.80. The molecule has 224 valence electrons. The fourth-order valence-corrected chi connectivity index (χ4v) is 6.95. The van der Waals surface area contributed by atoms with E-state index in [0.717, 1.165) is 42.6 Å². The predicted molar refractivity (Wildman–Crippen MR) is 177 cm³/mol. The highest BCUT2D eigenvalue weighted by atomic mass is 32.1. The minimum Gasteiger partial charge on any atom is -0.493 e. The molecule has 0 fully saturated rings. The lowest BCUT2D eigenvalue weighted by molar-refractivity contribution is 0.0526. The van der Waals surface area contributed by atoms with Gasteiger partial charge in [-0.05, 0) is 80.1 Å². The summed E-state index contributed by atoms with van der Waals surface area (Å²) in [5, 5.41) is 7.44. The van der Waals surface area contributed by atoms with E-state index in [2.05, 4.69) is 31.4 Å². The number of thiophene rings is 1.